The topological polar surface area (TPSA) is 35.6 Å². The Bertz CT molecular complexity index is 487. The second-order valence-corrected chi connectivity index (χ2v) is 5.88. The Hall–Kier alpha value is -1.55. The number of nitrogens with one attached hydrogen (secondary N) is 1. The largest absolute Gasteiger partial charge is 0.388 e. The fraction of sp³-hybridized carbons (Fsp3) is 0.562. The van der Waals surface area contributed by atoms with Crippen molar-refractivity contribution in [2.75, 3.05) is 46.1 Å². The molecule has 1 amide bonds. The minimum Gasteiger partial charge on any atom is -0.388 e. The second-order valence-electron chi connectivity index (χ2n) is 5.88. The molecule has 1 aromatic carbocycles. The number of amides is 1. The van der Waals surface area contributed by atoms with E-state index < -0.39 is 0 Å². The van der Waals surface area contributed by atoms with Gasteiger partial charge in [-0.15, -0.1) is 0 Å². The number of nitrogens with zero attached hydrogens (tertiary/aromatic N) is 2. The molecular weight excluding hydrogens is 250 g/mol. The van der Waals surface area contributed by atoms with E-state index in [1.807, 2.05) is 44.1 Å². The zero-order valence-electron chi connectivity index (χ0n) is 12.9. The summed E-state index contributed by atoms with van der Waals surface area (Å²) < 4.78 is 0. The van der Waals surface area contributed by atoms with Crippen LogP contribution in [0.25, 0.3) is 0 Å². The van der Waals surface area contributed by atoms with E-state index in [1.165, 1.54) is 6.42 Å². The Kier molecular flexibility index (Phi) is 4.65. The molecule has 1 heterocycles. The zero-order valence-corrected chi connectivity index (χ0v) is 12.9. The van der Waals surface area contributed by atoms with Crippen LogP contribution in [0.1, 0.15) is 22.3 Å². The molecule has 1 atom stereocenters. The van der Waals surface area contributed by atoms with Gasteiger partial charge >= 0.3 is 0 Å². The van der Waals surface area contributed by atoms with Crippen LogP contribution in [0, 0.1) is 12.8 Å². The van der Waals surface area contributed by atoms with Gasteiger partial charge in [0.2, 0.25) is 0 Å². The number of carbonyl (C=O) groups excluding carboxylic acids is 1. The molecular formula is C16H25N3O. The lowest BCUT2D eigenvalue weighted by Crippen LogP contribution is -2.32. The Morgan fingerprint density at radius 3 is 2.80 bits per heavy atom. The average Bonchev–Trinajstić information content (AvgIpc) is 2.83. The zero-order chi connectivity index (χ0) is 14.7. The lowest BCUT2D eigenvalue weighted by molar-refractivity contribution is 0.0774. The number of anilines is 1. The van der Waals surface area contributed by atoms with Gasteiger partial charge in [-0.25, -0.2) is 0 Å². The van der Waals surface area contributed by atoms with E-state index in [4.69, 9.17) is 0 Å². The summed E-state index contributed by atoms with van der Waals surface area (Å²) in [5, 5.41) is 3.12. The average molecular weight is 275 g/mol. The van der Waals surface area contributed by atoms with E-state index in [1.54, 1.807) is 0 Å². The van der Waals surface area contributed by atoms with Gasteiger partial charge in [0.05, 0.1) is 0 Å². The molecule has 0 radical (unpaired) electrons. The van der Waals surface area contributed by atoms with E-state index in [9.17, 15) is 4.79 Å². The molecule has 4 heteroatoms. The first-order valence-corrected chi connectivity index (χ1v) is 7.23. The molecule has 0 bridgehead atoms. The van der Waals surface area contributed by atoms with Gasteiger partial charge in [0.1, 0.15) is 0 Å². The SMILES string of the molecule is CNc1ccc(C(=O)N(C)CC2CCN(C)C2)cc1C. The van der Waals surface area contributed by atoms with E-state index in [0.717, 1.165) is 36.4 Å². The third-order valence-electron chi connectivity index (χ3n) is 4.11. The van der Waals surface area contributed by atoms with E-state index in [0.29, 0.717) is 5.92 Å². The highest BCUT2D eigenvalue weighted by Gasteiger charge is 2.23. The molecule has 0 spiro atoms. The minimum atomic E-state index is 0.116. The fourth-order valence-corrected chi connectivity index (χ4v) is 2.94. The molecule has 4 nitrogen and oxygen atoms in total. The molecule has 0 saturated carbocycles. The highest BCUT2D eigenvalue weighted by molar-refractivity contribution is 5.94. The second kappa shape index (κ2) is 6.27. The summed E-state index contributed by atoms with van der Waals surface area (Å²) in [5.41, 5.74) is 2.95. The van der Waals surface area contributed by atoms with Crippen molar-refractivity contribution in [3.8, 4) is 0 Å². The molecule has 1 aliphatic heterocycles. The molecule has 1 N–H and O–H groups in total. The Morgan fingerprint density at radius 2 is 2.25 bits per heavy atom. The van der Waals surface area contributed by atoms with Crippen LogP contribution in [-0.4, -0.2) is 56.5 Å². The molecule has 1 aromatic rings. The van der Waals surface area contributed by atoms with Crippen molar-refractivity contribution in [3.05, 3.63) is 29.3 Å². The fourth-order valence-electron chi connectivity index (χ4n) is 2.94. The first-order valence-electron chi connectivity index (χ1n) is 7.23. The number of benzene rings is 1. The normalized spacial score (nSPS) is 19.1. The molecule has 20 heavy (non-hydrogen) atoms. The van der Waals surface area contributed by atoms with E-state index >= 15 is 0 Å². The summed E-state index contributed by atoms with van der Waals surface area (Å²) >= 11 is 0. The summed E-state index contributed by atoms with van der Waals surface area (Å²) in [6.45, 7) is 5.10. The third-order valence-corrected chi connectivity index (χ3v) is 4.11. The quantitative estimate of drug-likeness (QED) is 0.913. The van der Waals surface area contributed by atoms with Crippen molar-refractivity contribution < 1.29 is 4.79 Å². The Balaban J connectivity index is 2.01. The van der Waals surface area contributed by atoms with Gasteiger partial charge in [0, 0.05) is 38.4 Å². The van der Waals surface area contributed by atoms with Gasteiger partial charge in [0.25, 0.3) is 5.91 Å². The van der Waals surface area contributed by atoms with Crippen LogP contribution in [0.4, 0.5) is 5.69 Å². The maximum absolute atomic E-state index is 12.5. The van der Waals surface area contributed by atoms with Gasteiger partial charge in [-0.1, -0.05) is 0 Å². The molecule has 1 unspecified atom stereocenters. The summed E-state index contributed by atoms with van der Waals surface area (Å²) in [4.78, 5) is 16.6. The molecule has 110 valence electrons. The third kappa shape index (κ3) is 3.31. The van der Waals surface area contributed by atoms with Crippen LogP contribution >= 0.6 is 0 Å². The van der Waals surface area contributed by atoms with Crippen LogP contribution in [-0.2, 0) is 0 Å². The summed E-state index contributed by atoms with van der Waals surface area (Å²) in [6, 6.07) is 5.84. The number of rotatable bonds is 4. The van der Waals surface area contributed by atoms with Gasteiger partial charge in [-0.05, 0) is 56.6 Å². The van der Waals surface area contributed by atoms with Crippen LogP contribution in [0.3, 0.4) is 0 Å². The monoisotopic (exact) mass is 275 g/mol. The predicted molar refractivity (Wildman–Crippen MR) is 83.3 cm³/mol. The van der Waals surface area contributed by atoms with Crippen molar-refractivity contribution in [2.45, 2.75) is 13.3 Å². The molecule has 1 aliphatic rings. The van der Waals surface area contributed by atoms with Gasteiger partial charge in [-0.3, -0.25) is 4.79 Å². The first-order chi connectivity index (χ1) is 9.51. The highest BCUT2D eigenvalue weighted by atomic mass is 16.2. The summed E-state index contributed by atoms with van der Waals surface area (Å²) in [7, 11) is 5.94. The number of carbonyl (C=O) groups is 1. The van der Waals surface area contributed by atoms with Crippen molar-refractivity contribution >= 4 is 11.6 Å². The number of likely N-dealkylation sites (tertiary alicyclic amines) is 1. The van der Waals surface area contributed by atoms with E-state index in [2.05, 4.69) is 17.3 Å². The number of hydrogen-bond acceptors (Lipinski definition) is 3. The maximum atomic E-state index is 12.5. The maximum Gasteiger partial charge on any atom is 0.253 e. The van der Waals surface area contributed by atoms with Gasteiger partial charge in [-0.2, -0.15) is 0 Å². The minimum absolute atomic E-state index is 0.116. The Morgan fingerprint density at radius 1 is 1.50 bits per heavy atom. The van der Waals surface area contributed by atoms with Crippen LogP contribution in [0.2, 0.25) is 0 Å². The summed E-state index contributed by atoms with van der Waals surface area (Å²) in [6.07, 6.45) is 1.19. The number of aryl methyl sites for hydroxylation is 1. The number of hydrogen-bond donors (Lipinski definition) is 1. The van der Waals surface area contributed by atoms with Gasteiger partial charge in [0.15, 0.2) is 0 Å². The van der Waals surface area contributed by atoms with Crippen molar-refractivity contribution in [2.24, 2.45) is 5.92 Å². The standard InChI is InChI=1S/C16H25N3O/c1-12-9-14(5-6-15(12)17-2)16(20)19(4)11-13-7-8-18(3)10-13/h5-6,9,13,17H,7-8,10-11H2,1-4H3. The summed E-state index contributed by atoms with van der Waals surface area (Å²) in [5.74, 6) is 0.719. The molecule has 1 fully saturated rings. The Labute approximate surface area is 121 Å². The molecule has 1 saturated heterocycles. The van der Waals surface area contributed by atoms with Crippen molar-refractivity contribution in [1.82, 2.24) is 9.80 Å². The molecule has 2 rings (SSSR count). The first kappa shape index (κ1) is 14.9. The highest BCUT2D eigenvalue weighted by Crippen LogP contribution is 2.19. The van der Waals surface area contributed by atoms with Crippen molar-refractivity contribution in [3.63, 3.8) is 0 Å². The lowest BCUT2D eigenvalue weighted by atomic mass is 10.1. The predicted octanol–water partition coefficient (Wildman–Crippen LogP) is 2.06. The van der Waals surface area contributed by atoms with Crippen LogP contribution in [0.5, 0.6) is 0 Å². The molecule has 0 aromatic heterocycles. The van der Waals surface area contributed by atoms with Gasteiger partial charge < -0.3 is 15.1 Å². The smallest absolute Gasteiger partial charge is 0.253 e. The van der Waals surface area contributed by atoms with Crippen LogP contribution in [0.15, 0.2) is 18.2 Å². The van der Waals surface area contributed by atoms with Crippen molar-refractivity contribution in [1.29, 1.82) is 0 Å². The molecule has 0 aliphatic carbocycles. The van der Waals surface area contributed by atoms with E-state index in [-0.39, 0.29) is 5.91 Å². The lowest BCUT2D eigenvalue weighted by Gasteiger charge is -2.21. The van der Waals surface area contributed by atoms with Crippen LogP contribution < -0.4 is 5.32 Å².